The number of anilines is 1. The lowest BCUT2D eigenvalue weighted by molar-refractivity contribution is -0.140. The topological polar surface area (TPSA) is 108 Å². The van der Waals surface area contributed by atoms with E-state index in [1.165, 1.54) is 17.0 Å². The minimum Gasteiger partial charge on any atom is -0.508 e. The van der Waals surface area contributed by atoms with E-state index >= 15 is 0 Å². The molecule has 0 heterocycles. The van der Waals surface area contributed by atoms with Crippen molar-refractivity contribution in [3.63, 3.8) is 0 Å². The Morgan fingerprint density at radius 3 is 2.38 bits per heavy atom. The highest BCUT2D eigenvalue weighted by atomic mass is 32.2. The van der Waals surface area contributed by atoms with E-state index in [-0.39, 0.29) is 12.3 Å². The zero-order valence-corrected chi connectivity index (χ0v) is 24.6. The summed E-state index contributed by atoms with van der Waals surface area (Å²) in [6, 6.07) is 17.8. The van der Waals surface area contributed by atoms with E-state index in [1.807, 2.05) is 55.6 Å². The fourth-order valence-electron chi connectivity index (χ4n) is 4.40. The fraction of sp³-hybridized carbons (Fsp3) is 0.387. The fourth-order valence-corrected chi connectivity index (χ4v) is 4.87. The van der Waals surface area contributed by atoms with Crippen LogP contribution in [0.4, 0.5) is 10.5 Å². The number of ether oxygens (including phenoxy) is 1. The predicted octanol–water partition coefficient (Wildman–Crippen LogP) is 6.11. The number of carbonyl (C=O) groups is 3. The standard InChI is InChI=1S/C31H39N3O5S/c1-6-17-34(29(37)26(16-18-40-5)33-30(38)39-31(2,3)4)27(23-12-9-13-25(35)20-23)28(36)32-24-15-14-21-10-7-8-11-22(21)19-24/h7-15,19-20,26-27,35H,6,16-18H2,1-5H3,(H,32,36)(H,33,38). The average molecular weight is 566 g/mol. The molecule has 40 heavy (non-hydrogen) atoms. The minimum atomic E-state index is -1.05. The first kappa shape index (κ1) is 30.8. The molecule has 3 amide bonds. The van der Waals surface area contributed by atoms with Gasteiger partial charge in [-0.2, -0.15) is 11.8 Å². The van der Waals surface area contributed by atoms with Crippen molar-refractivity contribution >= 4 is 46.1 Å². The number of nitrogens with one attached hydrogen (secondary N) is 2. The maximum atomic E-state index is 14.1. The van der Waals surface area contributed by atoms with Crippen molar-refractivity contribution in [1.29, 1.82) is 0 Å². The highest BCUT2D eigenvalue weighted by Gasteiger charge is 2.36. The zero-order valence-electron chi connectivity index (χ0n) is 23.8. The first-order valence-electron chi connectivity index (χ1n) is 13.4. The second-order valence-corrected chi connectivity index (χ2v) is 11.5. The normalized spacial score (nSPS) is 12.8. The largest absolute Gasteiger partial charge is 0.508 e. The number of hydrogen-bond acceptors (Lipinski definition) is 6. The van der Waals surface area contributed by atoms with Crippen molar-refractivity contribution in [1.82, 2.24) is 10.2 Å². The van der Waals surface area contributed by atoms with Crippen molar-refractivity contribution in [2.75, 3.05) is 23.9 Å². The summed E-state index contributed by atoms with van der Waals surface area (Å²) in [7, 11) is 0. The number of hydrogen-bond donors (Lipinski definition) is 3. The second kappa shape index (κ2) is 14.1. The number of nitrogens with zero attached hydrogens (tertiary/aromatic N) is 1. The van der Waals surface area contributed by atoms with Gasteiger partial charge in [-0.1, -0.05) is 49.4 Å². The maximum absolute atomic E-state index is 14.1. The number of amides is 3. The van der Waals surface area contributed by atoms with Gasteiger partial charge in [0.2, 0.25) is 5.91 Å². The number of thioether (sulfide) groups is 1. The Morgan fingerprint density at radius 2 is 1.73 bits per heavy atom. The van der Waals surface area contributed by atoms with Gasteiger partial charge in [-0.05, 0) is 86.2 Å². The summed E-state index contributed by atoms with van der Waals surface area (Å²) in [6.45, 7) is 7.44. The number of aromatic hydroxyl groups is 1. The molecule has 2 atom stereocenters. The molecule has 0 bridgehead atoms. The van der Waals surface area contributed by atoms with Gasteiger partial charge >= 0.3 is 6.09 Å². The number of rotatable bonds is 11. The average Bonchev–Trinajstić information content (AvgIpc) is 2.89. The summed E-state index contributed by atoms with van der Waals surface area (Å²) in [5, 5.41) is 17.9. The first-order chi connectivity index (χ1) is 19.0. The quantitative estimate of drug-likeness (QED) is 0.259. The molecule has 0 spiro atoms. The monoisotopic (exact) mass is 565 g/mol. The van der Waals surface area contributed by atoms with Gasteiger partial charge in [-0.25, -0.2) is 4.79 Å². The minimum absolute atomic E-state index is 0.0179. The van der Waals surface area contributed by atoms with Crippen LogP contribution in [0.25, 0.3) is 10.8 Å². The molecule has 0 aliphatic heterocycles. The molecule has 3 aromatic rings. The number of phenols is 1. The molecule has 0 aliphatic rings. The molecule has 0 saturated carbocycles. The van der Waals surface area contributed by atoms with Gasteiger partial charge in [-0.15, -0.1) is 0 Å². The molecule has 214 valence electrons. The third-order valence-corrected chi connectivity index (χ3v) is 6.75. The predicted molar refractivity (Wildman–Crippen MR) is 162 cm³/mol. The number of alkyl carbamates (subject to hydrolysis) is 1. The Labute approximate surface area is 240 Å². The molecule has 0 fully saturated rings. The van der Waals surface area contributed by atoms with Crippen LogP contribution in [0.5, 0.6) is 5.75 Å². The van der Waals surface area contributed by atoms with E-state index in [0.717, 1.165) is 10.8 Å². The first-order valence-corrected chi connectivity index (χ1v) is 14.8. The van der Waals surface area contributed by atoms with Crippen LogP contribution in [-0.2, 0) is 14.3 Å². The van der Waals surface area contributed by atoms with E-state index in [0.29, 0.717) is 29.8 Å². The molecule has 8 nitrogen and oxygen atoms in total. The van der Waals surface area contributed by atoms with Crippen LogP contribution in [0.15, 0.2) is 66.7 Å². The van der Waals surface area contributed by atoms with E-state index in [9.17, 15) is 19.5 Å². The molecule has 0 radical (unpaired) electrons. The molecule has 9 heteroatoms. The molecule has 0 aliphatic carbocycles. The second-order valence-electron chi connectivity index (χ2n) is 10.6. The van der Waals surface area contributed by atoms with E-state index in [1.54, 1.807) is 44.7 Å². The number of benzene rings is 3. The molecular formula is C31H39N3O5S. The van der Waals surface area contributed by atoms with Crippen LogP contribution in [0.2, 0.25) is 0 Å². The van der Waals surface area contributed by atoms with E-state index < -0.39 is 35.6 Å². The van der Waals surface area contributed by atoms with Crippen LogP contribution >= 0.6 is 11.8 Å². The van der Waals surface area contributed by atoms with Crippen LogP contribution in [0, 0.1) is 0 Å². The van der Waals surface area contributed by atoms with Crippen molar-refractivity contribution in [3.05, 3.63) is 72.3 Å². The van der Waals surface area contributed by atoms with Crippen LogP contribution in [0.3, 0.4) is 0 Å². The Hall–Kier alpha value is -3.72. The molecule has 2 unspecified atom stereocenters. The summed E-state index contributed by atoms with van der Waals surface area (Å²) < 4.78 is 5.42. The van der Waals surface area contributed by atoms with E-state index in [2.05, 4.69) is 10.6 Å². The van der Waals surface area contributed by atoms with Gasteiger partial charge < -0.3 is 25.4 Å². The van der Waals surface area contributed by atoms with Crippen molar-refractivity contribution in [2.24, 2.45) is 0 Å². The summed E-state index contributed by atoms with van der Waals surface area (Å²) in [6.07, 6.45) is 2.16. The highest BCUT2D eigenvalue weighted by molar-refractivity contribution is 7.98. The summed E-state index contributed by atoms with van der Waals surface area (Å²) in [5.41, 5.74) is 0.314. The van der Waals surface area contributed by atoms with Crippen LogP contribution < -0.4 is 10.6 Å². The third-order valence-electron chi connectivity index (χ3n) is 6.11. The van der Waals surface area contributed by atoms with Crippen LogP contribution in [-0.4, -0.2) is 58.1 Å². The molecule has 0 saturated heterocycles. The van der Waals surface area contributed by atoms with Gasteiger partial charge in [0.25, 0.3) is 5.91 Å². The van der Waals surface area contributed by atoms with Gasteiger partial charge in [0.1, 0.15) is 23.4 Å². The Kier molecular flexibility index (Phi) is 10.8. The molecular weight excluding hydrogens is 526 g/mol. The third kappa shape index (κ3) is 8.64. The van der Waals surface area contributed by atoms with Gasteiger partial charge in [0.05, 0.1) is 0 Å². The summed E-state index contributed by atoms with van der Waals surface area (Å²) in [4.78, 5) is 42.1. The van der Waals surface area contributed by atoms with Crippen LogP contribution in [0.1, 0.15) is 52.1 Å². The number of phenolic OH excluding ortho intramolecular Hbond substituents is 1. The SMILES string of the molecule is CCCN(C(=O)C(CCSC)NC(=O)OC(C)(C)C)C(C(=O)Nc1ccc2ccccc2c1)c1cccc(O)c1. The Balaban J connectivity index is 1.98. The number of carbonyl (C=O) groups excluding carboxylic acids is 3. The smallest absolute Gasteiger partial charge is 0.408 e. The number of fused-ring (bicyclic) bond motifs is 1. The lowest BCUT2D eigenvalue weighted by Gasteiger charge is -2.34. The highest BCUT2D eigenvalue weighted by Crippen LogP contribution is 2.28. The Morgan fingerprint density at radius 1 is 1.00 bits per heavy atom. The zero-order chi connectivity index (χ0) is 29.3. The molecule has 3 N–H and O–H groups in total. The summed E-state index contributed by atoms with van der Waals surface area (Å²) in [5.74, 6) is -0.227. The van der Waals surface area contributed by atoms with Gasteiger partial charge in [-0.3, -0.25) is 9.59 Å². The lowest BCUT2D eigenvalue weighted by atomic mass is 10.0. The molecule has 3 aromatic carbocycles. The Bertz CT molecular complexity index is 1320. The van der Waals surface area contributed by atoms with Crippen molar-refractivity contribution in [2.45, 2.75) is 58.2 Å². The van der Waals surface area contributed by atoms with Gasteiger partial charge in [0, 0.05) is 12.2 Å². The maximum Gasteiger partial charge on any atom is 0.408 e. The molecule has 0 aromatic heterocycles. The lowest BCUT2D eigenvalue weighted by Crippen LogP contribution is -2.52. The summed E-state index contributed by atoms with van der Waals surface area (Å²) >= 11 is 1.55. The van der Waals surface area contributed by atoms with Crippen molar-refractivity contribution < 1.29 is 24.2 Å². The van der Waals surface area contributed by atoms with Gasteiger partial charge in [0.15, 0.2) is 0 Å². The molecule has 3 rings (SSSR count). The van der Waals surface area contributed by atoms with E-state index in [4.69, 9.17) is 4.74 Å². The van der Waals surface area contributed by atoms with Crippen molar-refractivity contribution in [3.8, 4) is 5.75 Å².